The van der Waals surface area contributed by atoms with Crippen LogP contribution in [-0.2, 0) is 0 Å². The molecule has 1 aliphatic rings. The quantitative estimate of drug-likeness (QED) is 0.615. The summed E-state index contributed by atoms with van der Waals surface area (Å²) in [6.45, 7) is 2.05. The van der Waals surface area contributed by atoms with Crippen molar-refractivity contribution in [3.05, 3.63) is 36.5 Å². The van der Waals surface area contributed by atoms with Crippen molar-refractivity contribution in [2.45, 2.75) is 6.42 Å². The van der Waals surface area contributed by atoms with Crippen molar-refractivity contribution >= 4 is 5.69 Å². The number of nitrogens with zero attached hydrogens (tertiary/aromatic N) is 1. The first-order chi connectivity index (χ1) is 5.86. The smallest absolute Gasteiger partial charge is 0.123 e. The zero-order chi connectivity index (χ0) is 8.39. The Hall–Kier alpha value is -1.05. The normalized spacial score (nSPS) is 16.9. The Morgan fingerprint density at radius 2 is 1.92 bits per heavy atom. The van der Waals surface area contributed by atoms with E-state index in [1.54, 1.807) is 0 Å². The van der Waals surface area contributed by atoms with Crippen molar-refractivity contribution in [3.63, 3.8) is 0 Å². The molecule has 1 heterocycles. The van der Waals surface area contributed by atoms with E-state index in [1.807, 2.05) is 12.1 Å². The molecule has 2 heteroatoms. The van der Waals surface area contributed by atoms with Crippen LogP contribution in [0, 0.1) is 12.2 Å². The van der Waals surface area contributed by atoms with Gasteiger partial charge in [0.2, 0.25) is 0 Å². The minimum absolute atomic E-state index is 0.165. The fourth-order valence-corrected chi connectivity index (χ4v) is 1.47. The Kier molecular flexibility index (Phi) is 1.98. The van der Waals surface area contributed by atoms with E-state index in [4.69, 9.17) is 0 Å². The number of anilines is 1. The Balaban J connectivity index is 2.17. The summed E-state index contributed by atoms with van der Waals surface area (Å²) in [5.41, 5.74) is 1.12. The van der Waals surface area contributed by atoms with Crippen LogP contribution in [0.1, 0.15) is 6.42 Å². The molecule has 12 heavy (non-hydrogen) atoms. The maximum atomic E-state index is 12.5. The van der Waals surface area contributed by atoms with Gasteiger partial charge in [-0.3, -0.25) is 0 Å². The van der Waals surface area contributed by atoms with E-state index in [0.29, 0.717) is 0 Å². The van der Waals surface area contributed by atoms with Crippen molar-refractivity contribution in [3.8, 4) is 0 Å². The molecule has 1 aromatic carbocycles. The number of hydrogen-bond acceptors (Lipinski definition) is 1. The fraction of sp³-hybridized carbons (Fsp3) is 0.300. The van der Waals surface area contributed by atoms with Crippen molar-refractivity contribution in [1.29, 1.82) is 0 Å². The molecule has 0 amide bonds. The third-order valence-corrected chi connectivity index (χ3v) is 2.14. The minimum atomic E-state index is -0.165. The van der Waals surface area contributed by atoms with Crippen molar-refractivity contribution in [2.75, 3.05) is 18.0 Å². The van der Waals surface area contributed by atoms with E-state index in [0.717, 1.165) is 25.2 Å². The zero-order valence-electron chi connectivity index (χ0n) is 6.83. The lowest BCUT2D eigenvalue weighted by Gasteiger charge is -2.16. The van der Waals surface area contributed by atoms with Gasteiger partial charge in [0.15, 0.2) is 0 Å². The fourth-order valence-electron chi connectivity index (χ4n) is 1.47. The van der Waals surface area contributed by atoms with Crippen LogP contribution < -0.4 is 4.90 Å². The van der Waals surface area contributed by atoms with Gasteiger partial charge in [0, 0.05) is 18.8 Å². The SMILES string of the molecule is Fc1ccc(N2C[CH]CC2)cc1. The lowest BCUT2D eigenvalue weighted by Crippen LogP contribution is -2.17. The Morgan fingerprint density at radius 3 is 2.50 bits per heavy atom. The van der Waals surface area contributed by atoms with Gasteiger partial charge in [0.25, 0.3) is 0 Å². The highest BCUT2D eigenvalue weighted by Gasteiger charge is 2.11. The molecule has 0 spiro atoms. The zero-order valence-corrected chi connectivity index (χ0v) is 6.83. The molecule has 2 rings (SSSR count). The van der Waals surface area contributed by atoms with E-state index in [1.165, 1.54) is 12.1 Å². The van der Waals surface area contributed by atoms with Crippen LogP contribution in [0.5, 0.6) is 0 Å². The van der Waals surface area contributed by atoms with Crippen molar-refractivity contribution < 1.29 is 4.39 Å². The maximum Gasteiger partial charge on any atom is 0.123 e. The van der Waals surface area contributed by atoms with Gasteiger partial charge in [-0.05, 0) is 37.1 Å². The standard InChI is InChI=1S/C10H11FN/c11-9-3-5-10(6-4-9)12-7-1-2-8-12/h1,3-6H,2,7-8H2. The summed E-state index contributed by atoms with van der Waals surface area (Å²) in [6.07, 6.45) is 3.38. The third kappa shape index (κ3) is 1.42. The molecule has 1 fully saturated rings. The van der Waals surface area contributed by atoms with Crippen LogP contribution in [-0.4, -0.2) is 13.1 Å². The van der Waals surface area contributed by atoms with Crippen LogP contribution in [0.25, 0.3) is 0 Å². The summed E-state index contributed by atoms with van der Waals surface area (Å²) in [5, 5.41) is 0. The Labute approximate surface area is 71.8 Å². The summed E-state index contributed by atoms with van der Waals surface area (Å²) < 4.78 is 12.5. The van der Waals surface area contributed by atoms with Gasteiger partial charge >= 0.3 is 0 Å². The molecule has 1 nitrogen and oxygen atoms in total. The van der Waals surface area contributed by atoms with Crippen LogP contribution in [0.3, 0.4) is 0 Å². The molecule has 63 valence electrons. The van der Waals surface area contributed by atoms with Gasteiger partial charge in [-0.25, -0.2) is 4.39 Å². The van der Waals surface area contributed by atoms with Gasteiger partial charge < -0.3 is 4.90 Å². The maximum absolute atomic E-state index is 12.5. The Morgan fingerprint density at radius 1 is 1.17 bits per heavy atom. The van der Waals surface area contributed by atoms with Gasteiger partial charge in [0.05, 0.1) is 0 Å². The molecule has 0 aliphatic carbocycles. The second-order valence-corrected chi connectivity index (χ2v) is 3.00. The molecule has 0 saturated carbocycles. The highest BCUT2D eigenvalue weighted by atomic mass is 19.1. The van der Waals surface area contributed by atoms with Crippen molar-refractivity contribution in [2.24, 2.45) is 0 Å². The highest BCUT2D eigenvalue weighted by Crippen LogP contribution is 2.19. The van der Waals surface area contributed by atoms with Crippen molar-refractivity contribution in [1.82, 2.24) is 0 Å². The molecular weight excluding hydrogens is 153 g/mol. The number of rotatable bonds is 1. The minimum Gasteiger partial charge on any atom is -0.371 e. The summed E-state index contributed by atoms with van der Waals surface area (Å²) in [7, 11) is 0. The van der Waals surface area contributed by atoms with E-state index >= 15 is 0 Å². The van der Waals surface area contributed by atoms with E-state index in [-0.39, 0.29) is 5.82 Å². The van der Waals surface area contributed by atoms with Gasteiger partial charge in [-0.15, -0.1) is 0 Å². The molecule has 0 N–H and O–H groups in total. The second-order valence-electron chi connectivity index (χ2n) is 3.00. The molecular formula is C10H11FN. The van der Waals surface area contributed by atoms with Crippen LogP contribution in [0.15, 0.2) is 24.3 Å². The molecule has 0 aromatic heterocycles. The molecule has 1 saturated heterocycles. The average molecular weight is 164 g/mol. The molecule has 0 atom stereocenters. The van der Waals surface area contributed by atoms with Gasteiger partial charge in [-0.2, -0.15) is 0 Å². The predicted molar refractivity (Wildman–Crippen MR) is 47.5 cm³/mol. The van der Waals surface area contributed by atoms with Crippen LogP contribution in [0.2, 0.25) is 0 Å². The summed E-state index contributed by atoms with van der Waals surface area (Å²) in [5.74, 6) is -0.165. The molecule has 0 unspecified atom stereocenters. The summed E-state index contributed by atoms with van der Waals surface area (Å²) in [4.78, 5) is 2.24. The lowest BCUT2D eigenvalue weighted by molar-refractivity contribution is 0.627. The second kappa shape index (κ2) is 3.13. The van der Waals surface area contributed by atoms with Crippen LogP contribution >= 0.6 is 0 Å². The third-order valence-electron chi connectivity index (χ3n) is 2.14. The van der Waals surface area contributed by atoms with Crippen LogP contribution in [0.4, 0.5) is 10.1 Å². The number of benzene rings is 1. The largest absolute Gasteiger partial charge is 0.371 e. The molecule has 1 radical (unpaired) electrons. The number of halogens is 1. The van der Waals surface area contributed by atoms with Gasteiger partial charge in [-0.1, -0.05) is 0 Å². The van der Waals surface area contributed by atoms with E-state index in [2.05, 4.69) is 11.3 Å². The average Bonchev–Trinajstić information content (AvgIpc) is 2.58. The first-order valence-corrected chi connectivity index (χ1v) is 4.18. The summed E-state index contributed by atoms with van der Waals surface area (Å²) >= 11 is 0. The predicted octanol–water partition coefficient (Wildman–Crippen LogP) is 2.24. The van der Waals surface area contributed by atoms with E-state index < -0.39 is 0 Å². The molecule has 0 bridgehead atoms. The number of hydrogen-bond donors (Lipinski definition) is 0. The molecule has 1 aliphatic heterocycles. The Bertz CT molecular complexity index is 249. The van der Waals surface area contributed by atoms with Gasteiger partial charge in [0.1, 0.15) is 5.82 Å². The first-order valence-electron chi connectivity index (χ1n) is 4.18. The first kappa shape index (κ1) is 7.59. The topological polar surface area (TPSA) is 3.24 Å². The molecule has 1 aromatic rings. The lowest BCUT2D eigenvalue weighted by atomic mass is 10.3. The summed E-state index contributed by atoms with van der Waals surface area (Å²) in [6, 6.07) is 6.67. The van der Waals surface area contributed by atoms with E-state index in [9.17, 15) is 4.39 Å². The monoisotopic (exact) mass is 164 g/mol. The highest BCUT2D eigenvalue weighted by molar-refractivity contribution is 5.47.